The highest BCUT2D eigenvalue weighted by Crippen LogP contribution is 2.22. The Morgan fingerprint density at radius 3 is 2.43 bits per heavy atom. The van der Waals surface area contributed by atoms with Gasteiger partial charge in [0.15, 0.2) is 5.96 Å². The second-order valence-electron chi connectivity index (χ2n) is 7.36. The smallest absolute Gasteiger partial charge is 0.240 e. The van der Waals surface area contributed by atoms with Gasteiger partial charge in [-0.1, -0.05) is 44.7 Å². The van der Waals surface area contributed by atoms with Gasteiger partial charge in [0, 0.05) is 25.7 Å². The molecule has 3 N–H and O–H groups in total. The number of nitrogens with one attached hydrogen (secondary N) is 3. The maximum Gasteiger partial charge on any atom is 0.240 e. The summed E-state index contributed by atoms with van der Waals surface area (Å²) in [5, 5.41) is 6.70. The molecule has 160 valence electrons. The van der Waals surface area contributed by atoms with Gasteiger partial charge in [0.2, 0.25) is 10.0 Å². The molecule has 1 aromatic carbocycles. The first-order valence-electron chi connectivity index (χ1n) is 10.0. The van der Waals surface area contributed by atoms with Crippen LogP contribution in [-0.4, -0.2) is 33.5 Å². The van der Waals surface area contributed by atoms with Crippen LogP contribution in [-0.2, 0) is 16.6 Å². The summed E-state index contributed by atoms with van der Waals surface area (Å²) in [5.74, 6) is 0.769. The number of hydrogen-bond acceptors (Lipinski definition) is 3. The molecule has 1 aromatic rings. The van der Waals surface area contributed by atoms with Crippen LogP contribution >= 0.6 is 24.0 Å². The number of guanidine groups is 1. The quantitative estimate of drug-likeness (QED) is 0.179. The summed E-state index contributed by atoms with van der Waals surface area (Å²) in [6, 6.07) is 7.50. The van der Waals surface area contributed by atoms with Crippen LogP contribution in [0.25, 0.3) is 0 Å². The molecule has 0 aromatic heterocycles. The molecule has 1 aliphatic rings. The Balaban J connectivity index is 0.00000392. The standard InChI is InChI=1S/C20H34N4O2S.HI/c1-4-5-6-7-8-16(2)23-20(21-3)22-15-17-9-13-19(14-10-17)27(25,26)24-18-11-12-18;/h9-10,13-14,16,18,24H,4-8,11-12,15H2,1-3H3,(H2,21,22,23);1H. The van der Waals surface area contributed by atoms with E-state index in [9.17, 15) is 8.42 Å². The van der Waals surface area contributed by atoms with Crippen molar-refractivity contribution in [1.29, 1.82) is 0 Å². The van der Waals surface area contributed by atoms with Crippen molar-refractivity contribution in [1.82, 2.24) is 15.4 Å². The molecular weight excluding hydrogens is 487 g/mol. The molecule has 0 heterocycles. The Kier molecular flexibility index (Phi) is 11.4. The monoisotopic (exact) mass is 522 g/mol. The molecule has 2 rings (SSSR count). The van der Waals surface area contributed by atoms with Crippen LogP contribution in [0.2, 0.25) is 0 Å². The van der Waals surface area contributed by atoms with E-state index in [1.165, 1.54) is 25.7 Å². The average molecular weight is 522 g/mol. The minimum absolute atomic E-state index is 0. The van der Waals surface area contributed by atoms with E-state index in [2.05, 4.69) is 34.2 Å². The third-order valence-corrected chi connectivity index (χ3v) is 6.23. The Hall–Kier alpha value is -0.870. The molecule has 0 saturated heterocycles. The number of rotatable bonds is 11. The zero-order valence-corrected chi connectivity index (χ0v) is 20.3. The van der Waals surface area contributed by atoms with Crippen molar-refractivity contribution in [2.45, 2.75) is 82.3 Å². The summed E-state index contributed by atoms with van der Waals surface area (Å²) < 4.78 is 27.1. The maximum absolute atomic E-state index is 12.2. The second-order valence-corrected chi connectivity index (χ2v) is 9.07. The first-order chi connectivity index (χ1) is 12.9. The van der Waals surface area contributed by atoms with Crippen LogP contribution < -0.4 is 15.4 Å². The fourth-order valence-electron chi connectivity index (χ4n) is 2.84. The molecule has 0 spiro atoms. The van der Waals surface area contributed by atoms with Crippen LogP contribution in [0.1, 0.15) is 64.4 Å². The molecule has 1 unspecified atom stereocenters. The molecule has 6 nitrogen and oxygen atoms in total. The lowest BCUT2D eigenvalue weighted by Gasteiger charge is -2.18. The predicted octanol–water partition coefficient (Wildman–Crippen LogP) is 3.77. The fourth-order valence-corrected chi connectivity index (χ4v) is 4.14. The van der Waals surface area contributed by atoms with Gasteiger partial charge in [0.25, 0.3) is 0 Å². The van der Waals surface area contributed by atoms with Crippen LogP contribution in [0, 0.1) is 0 Å². The maximum atomic E-state index is 12.2. The van der Waals surface area contributed by atoms with Crippen molar-refractivity contribution in [2.24, 2.45) is 4.99 Å². The molecule has 1 saturated carbocycles. The summed E-state index contributed by atoms with van der Waals surface area (Å²) in [4.78, 5) is 4.59. The lowest BCUT2D eigenvalue weighted by Crippen LogP contribution is -2.41. The third kappa shape index (κ3) is 9.09. The van der Waals surface area contributed by atoms with E-state index in [0.29, 0.717) is 17.5 Å². The van der Waals surface area contributed by atoms with Crippen LogP contribution in [0.3, 0.4) is 0 Å². The van der Waals surface area contributed by atoms with Gasteiger partial charge in [0.1, 0.15) is 0 Å². The van der Waals surface area contributed by atoms with Crippen LogP contribution in [0.5, 0.6) is 0 Å². The number of halogens is 1. The lowest BCUT2D eigenvalue weighted by molar-refractivity contribution is 0.537. The highest BCUT2D eigenvalue weighted by Gasteiger charge is 2.27. The summed E-state index contributed by atoms with van der Waals surface area (Å²) in [6.07, 6.45) is 8.04. The van der Waals surface area contributed by atoms with Crippen molar-refractivity contribution in [3.8, 4) is 0 Å². The van der Waals surface area contributed by atoms with Crippen LogP contribution in [0.4, 0.5) is 0 Å². The van der Waals surface area contributed by atoms with E-state index in [4.69, 9.17) is 0 Å². The molecule has 0 amide bonds. The zero-order chi connectivity index (χ0) is 19.7. The normalized spacial score (nSPS) is 15.6. The molecule has 28 heavy (non-hydrogen) atoms. The summed E-state index contributed by atoms with van der Waals surface area (Å²) in [7, 11) is -1.62. The SMILES string of the molecule is CCCCCCC(C)NC(=NC)NCc1ccc(S(=O)(=O)NC2CC2)cc1.I. The van der Waals surface area contributed by atoms with Gasteiger partial charge in [-0.05, 0) is 43.9 Å². The van der Waals surface area contributed by atoms with Crippen molar-refractivity contribution < 1.29 is 8.42 Å². The average Bonchev–Trinajstić information content (AvgIpc) is 3.46. The van der Waals surface area contributed by atoms with E-state index in [1.807, 2.05) is 12.1 Å². The van der Waals surface area contributed by atoms with Gasteiger partial charge >= 0.3 is 0 Å². The highest BCUT2D eigenvalue weighted by atomic mass is 127. The predicted molar refractivity (Wildman–Crippen MR) is 127 cm³/mol. The van der Waals surface area contributed by atoms with Gasteiger partial charge in [0.05, 0.1) is 4.90 Å². The van der Waals surface area contributed by atoms with E-state index >= 15 is 0 Å². The number of hydrogen-bond donors (Lipinski definition) is 3. The molecule has 8 heteroatoms. The van der Waals surface area contributed by atoms with Crippen molar-refractivity contribution >= 4 is 40.0 Å². The first-order valence-corrected chi connectivity index (χ1v) is 11.5. The van der Waals surface area contributed by atoms with Gasteiger partial charge in [-0.25, -0.2) is 13.1 Å². The third-order valence-electron chi connectivity index (χ3n) is 4.69. The van der Waals surface area contributed by atoms with Gasteiger partial charge in [-0.15, -0.1) is 24.0 Å². The Bertz CT molecular complexity index is 703. The molecule has 1 fully saturated rings. The second kappa shape index (κ2) is 12.6. The molecule has 1 aliphatic carbocycles. The summed E-state index contributed by atoms with van der Waals surface area (Å²) in [5.41, 5.74) is 1.01. The lowest BCUT2D eigenvalue weighted by atomic mass is 10.1. The minimum atomic E-state index is -3.39. The van der Waals surface area contributed by atoms with E-state index < -0.39 is 10.0 Å². The number of sulfonamides is 1. The van der Waals surface area contributed by atoms with Crippen molar-refractivity contribution in [3.63, 3.8) is 0 Å². The topological polar surface area (TPSA) is 82.6 Å². The van der Waals surface area contributed by atoms with Gasteiger partial charge < -0.3 is 10.6 Å². The van der Waals surface area contributed by atoms with E-state index in [1.54, 1.807) is 19.2 Å². The molecule has 0 aliphatic heterocycles. The number of benzene rings is 1. The van der Waals surface area contributed by atoms with E-state index in [-0.39, 0.29) is 30.0 Å². The largest absolute Gasteiger partial charge is 0.354 e. The van der Waals surface area contributed by atoms with E-state index in [0.717, 1.165) is 30.8 Å². The van der Waals surface area contributed by atoms with Gasteiger partial charge in [-0.2, -0.15) is 0 Å². The van der Waals surface area contributed by atoms with Gasteiger partial charge in [-0.3, -0.25) is 4.99 Å². The molecule has 1 atom stereocenters. The fraction of sp³-hybridized carbons (Fsp3) is 0.650. The first kappa shape index (κ1) is 25.2. The number of aliphatic imine (C=N–C) groups is 1. The van der Waals surface area contributed by atoms with Crippen LogP contribution in [0.15, 0.2) is 34.2 Å². The number of nitrogens with zero attached hydrogens (tertiary/aromatic N) is 1. The molecule has 0 radical (unpaired) electrons. The molecular formula is C20H35IN4O2S. The Labute approximate surface area is 187 Å². The number of unbranched alkanes of at least 4 members (excludes halogenated alkanes) is 3. The summed E-state index contributed by atoms with van der Waals surface area (Å²) >= 11 is 0. The Morgan fingerprint density at radius 1 is 1.18 bits per heavy atom. The van der Waals surface area contributed by atoms with Crippen molar-refractivity contribution in [2.75, 3.05) is 7.05 Å². The minimum Gasteiger partial charge on any atom is -0.354 e. The highest BCUT2D eigenvalue weighted by molar-refractivity contribution is 14.0. The van der Waals surface area contributed by atoms with Crippen molar-refractivity contribution in [3.05, 3.63) is 29.8 Å². The summed E-state index contributed by atoms with van der Waals surface area (Å²) in [6.45, 7) is 4.99. The zero-order valence-electron chi connectivity index (χ0n) is 17.2. The molecule has 0 bridgehead atoms. The Morgan fingerprint density at radius 2 is 1.86 bits per heavy atom.